The van der Waals surface area contributed by atoms with Crippen LogP contribution in [-0.4, -0.2) is 93.2 Å². The molecule has 6 rings (SSSR count). The number of aliphatic carboxylic acids is 1. The van der Waals surface area contributed by atoms with Crippen LogP contribution in [0.3, 0.4) is 0 Å². The molecule has 0 unspecified atom stereocenters. The summed E-state index contributed by atoms with van der Waals surface area (Å²) in [5.41, 5.74) is -0.815. The van der Waals surface area contributed by atoms with Crippen LogP contribution in [0.1, 0.15) is 59.3 Å². The molecule has 0 aliphatic carbocycles. The Balaban J connectivity index is 0.000000173. The third kappa shape index (κ3) is 12.1. The van der Waals surface area contributed by atoms with Crippen molar-refractivity contribution in [2.45, 2.75) is 72.4 Å². The van der Waals surface area contributed by atoms with E-state index in [1.54, 1.807) is 18.2 Å². The van der Waals surface area contributed by atoms with E-state index in [9.17, 15) is 24.0 Å². The number of aromatic nitrogens is 6. The lowest BCUT2D eigenvalue weighted by Gasteiger charge is -2.31. The summed E-state index contributed by atoms with van der Waals surface area (Å²) in [5.74, 6) is 3.04. The predicted molar refractivity (Wildman–Crippen MR) is 193 cm³/mol. The number of H-pyrrole nitrogens is 1. The van der Waals surface area contributed by atoms with Gasteiger partial charge in [-0.25, -0.2) is 14.5 Å². The number of esters is 1. The van der Waals surface area contributed by atoms with Gasteiger partial charge in [-0.15, -0.1) is 0 Å². The summed E-state index contributed by atoms with van der Waals surface area (Å²) in [5, 5.41) is 23.5. The van der Waals surface area contributed by atoms with Crippen LogP contribution in [0.15, 0.2) is 50.8 Å². The number of carbonyl (C=O) groups excluding carboxylic acids is 1. The lowest BCUT2D eigenvalue weighted by molar-refractivity contribution is -0.141. The SMILES string of the molecule is CC1CCN(c2ccc(=O)[nH]n2)CC1.CC1CCN(c2ccc(=O)n(CC(=O)O)n2)CC1.COC(=O)Cn1nc(N2CCC(C)CC2)ccc1=O. The van der Waals surface area contributed by atoms with Crippen molar-refractivity contribution in [3.05, 3.63) is 67.5 Å². The maximum absolute atomic E-state index is 11.6. The molecule has 3 aromatic rings. The van der Waals surface area contributed by atoms with Gasteiger partial charge in [0.1, 0.15) is 30.5 Å². The van der Waals surface area contributed by atoms with Gasteiger partial charge in [0.2, 0.25) is 0 Å². The first kappa shape index (κ1) is 38.8. The molecule has 0 saturated carbocycles. The zero-order chi connectivity index (χ0) is 36.9. The Morgan fingerprint density at radius 2 is 1.06 bits per heavy atom. The van der Waals surface area contributed by atoms with Crippen molar-refractivity contribution in [2.24, 2.45) is 17.8 Å². The molecule has 0 bridgehead atoms. The summed E-state index contributed by atoms with van der Waals surface area (Å²) in [4.78, 5) is 62.2. The molecule has 16 heteroatoms. The zero-order valence-electron chi connectivity index (χ0n) is 30.1. The van der Waals surface area contributed by atoms with Gasteiger partial charge in [-0.2, -0.15) is 15.3 Å². The molecule has 3 saturated heterocycles. The van der Waals surface area contributed by atoms with Crippen molar-refractivity contribution in [1.29, 1.82) is 0 Å². The van der Waals surface area contributed by atoms with Gasteiger partial charge in [0.05, 0.1) is 7.11 Å². The van der Waals surface area contributed by atoms with Crippen molar-refractivity contribution < 1.29 is 19.4 Å². The molecule has 0 radical (unpaired) electrons. The molecule has 278 valence electrons. The van der Waals surface area contributed by atoms with Crippen LogP contribution < -0.4 is 31.4 Å². The minimum Gasteiger partial charge on any atom is -0.480 e. The second-order valence-electron chi connectivity index (χ2n) is 13.6. The maximum atomic E-state index is 11.6. The lowest BCUT2D eigenvalue weighted by atomic mass is 9.99. The Hall–Kier alpha value is -5.02. The Bertz CT molecular complexity index is 1730. The quantitative estimate of drug-likeness (QED) is 0.340. The Morgan fingerprint density at radius 1 is 0.667 bits per heavy atom. The topological polar surface area (TPSA) is 189 Å². The Kier molecular flexibility index (Phi) is 14.3. The number of rotatable bonds is 7. The number of hydrogen-bond donors (Lipinski definition) is 2. The third-order valence-corrected chi connectivity index (χ3v) is 9.48. The van der Waals surface area contributed by atoms with Crippen molar-refractivity contribution >= 4 is 29.4 Å². The molecule has 6 heterocycles. The second kappa shape index (κ2) is 18.8. The molecule has 3 fully saturated rings. The predicted octanol–water partition coefficient (Wildman–Crippen LogP) is 2.22. The van der Waals surface area contributed by atoms with Crippen molar-refractivity contribution in [2.75, 3.05) is 61.1 Å². The van der Waals surface area contributed by atoms with E-state index < -0.39 is 18.5 Å². The molecule has 51 heavy (non-hydrogen) atoms. The van der Waals surface area contributed by atoms with E-state index in [4.69, 9.17) is 5.11 Å². The summed E-state index contributed by atoms with van der Waals surface area (Å²) in [6.07, 6.45) is 6.86. The molecule has 2 N–H and O–H groups in total. The van der Waals surface area contributed by atoms with Gasteiger partial charge in [0.25, 0.3) is 16.7 Å². The van der Waals surface area contributed by atoms with Crippen LogP contribution in [0.25, 0.3) is 0 Å². The van der Waals surface area contributed by atoms with E-state index in [2.05, 4.69) is 60.6 Å². The average Bonchev–Trinajstić information content (AvgIpc) is 3.12. The van der Waals surface area contributed by atoms with Crippen LogP contribution in [0.4, 0.5) is 17.5 Å². The zero-order valence-corrected chi connectivity index (χ0v) is 30.1. The van der Waals surface area contributed by atoms with Gasteiger partial charge in [0.15, 0.2) is 0 Å². The van der Waals surface area contributed by atoms with Gasteiger partial charge in [0, 0.05) is 57.5 Å². The van der Waals surface area contributed by atoms with Gasteiger partial charge in [-0.3, -0.25) is 24.0 Å². The van der Waals surface area contributed by atoms with E-state index >= 15 is 0 Å². The number of carboxylic acid groups (broad SMARTS) is 1. The maximum Gasteiger partial charge on any atom is 0.327 e. The first-order valence-corrected chi connectivity index (χ1v) is 17.7. The van der Waals surface area contributed by atoms with Gasteiger partial charge in [-0.1, -0.05) is 20.8 Å². The van der Waals surface area contributed by atoms with E-state index in [0.29, 0.717) is 11.7 Å². The van der Waals surface area contributed by atoms with E-state index in [-0.39, 0.29) is 23.2 Å². The number of aromatic amines is 1. The van der Waals surface area contributed by atoms with Crippen molar-refractivity contribution in [3.8, 4) is 0 Å². The normalized spacial score (nSPS) is 17.1. The molecule has 3 aromatic heterocycles. The van der Waals surface area contributed by atoms with Crippen LogP contribution in [0, 0.1) is 17.8 Å². The van der Waals surface area contributed by atoms with Gasteiger partial charge >= 0.3 is 11.9 Å². The highest BCUT2D eigenvalue weighted by atomic mass is 16.5. The molecule has 0 spiro atoms. The summed E-state index contributed by atoms with van der Waals surface area (Å²) < 4.78 is 6.70. The molecule has 16 nitrogen and oxygen atoms in total. The summed E-state index contributed by atoms with van der Waals surface area (Å²) in [6.45, 7) is 12.0. The number of piperidine rings is 3. The highest BCUT2D eigenvalue weighted by Crippen LogP contribution is 2.22. The Labute approximate surface area is 297 Å². The smallest absolute Gasteiger partial charge is 0.327 e. The van der Waals surface area contributed by atoms with Crippen LogP contribution in [-0.2, 0) is 27.4 Å². The molecular weight excluding hydrogens is 658 g/mol. The summed E-state index contributed by atoms with van der Waals surface area (Å²) in [7, 11) is 1.29. The molecular formula is C35H51N9O7. The van der Waals surface area contributed by atoms with Gasteiger partial charge < -0.3 is 24.5 Å². The average molecular weight is 710 g/mol. The van der Waals surface area contributed by atoms with Crippen molar-refractivity contribution in [3.63, 3.8) is 0 Å². The fourth-order valence-electron chi connectivity index (χ4n) is 5.98. The van der Waals surface area contributed by atoms with E-state index in [1.807, 2.05) is 0 Å². The number of nitrogens with one attached hydrogen (secondary N) is 1. The minimum absolute atomic E-state index is 0.140. The number of carbonyl (C=O) groups is 2. The van der Waals surface area contributed by atoms with E-state index in [0.717, 1.165) is 97.8 Å². The molecule has 3 aliphatic heterocycles. The number of methoxy groups -OCH3 is 1. The van der Waals surface area contributed by atoms with Gasteiger partial charge in [-0.05, 0) is 74.5 Å². The fraction of sp³-hybridized carbons (Fsp3) is 0.600. The van der Waals surface area contributed by atoms with Crippen molar-refractivity contribution in [1.82, 2.24) is 29.8 Å². The highest BCUT2D eigenvalue weighted by molar-refractivity contribution is 5.68. The number of anilines is 3. The number of nitrogens with zero attached hydrogens (tertiary/aromatic N) is 8. The third-order valence-electron chi connectivity index (χ3n) is 9.48. The molecule has 0 atom stereocenters. The first-order valence-electron chi connectivity index (χ1n) is 17.7. The largest absolute Gasteiger partial charge is 0.480 e. The van der Waals surface area contributed by atoms with Crippen LogP contribution >= 0.6 is 0 Å². The Morgan fingerprint density at radius 3 is 1.43 bits per heavy atom. The standard InChI is InChI=1S/C13H19N3O3.C12H17N3O3.C10H15N3O/c1-10-5-7-15(8-6-10)11-3-4-12(17)16(14-11)9-13(18)19-2;1-9-4-6-14(7-5-9)10-2-3-11(16)15(13-10)8-12(17)18;1-8-4-6-13(7-5-8)9-2-3-10(14)12-11-9/h3-4,10H,5-9H2,1-2H3;2-3,9H,4-8H2,1H3,(H,17,18);2-3,8H,4-7H2,1H3,(H,12,14). The van der Waals surface area contributed by atoms with Crippen LogP contribution in [0.2, 0.25) is 0 Å². The summed E-state index contributed by atoms with van der Waals surface area (Å²) in [6, 6.07) is 9.52. The first-order chi connectivity index (χ1) is 24.4. The molecule has 0 aromatic carbocycles. The number of ether oxygens (including phenoxy) is 1. The number of carboxylic acids is 1. The minimum atomic E-state index is -1.06. The molecule has 3 aliphatic rings. The summed E-state index contributed by atoms with van der Waals surface area (Å²) >= 11 is 0. The molecule has 0 amide bonds. The monoisotopic (exact) mass is 709 g/mol. The van der Waals surface area contributed by atoms with E-state index in [1.165, 1.54) is 38.2 Å². The fourth-order valence-corrected chi connectivity index (χ4v) is 5.98. The van der Waals surface area contributed by atoms with Crippen LogP contribution in [0.5, 0.6) is 0 Å². The highest BCUT2D eigenvalue weighted by Gasteiger charge is 2.20. The lowest BCUT2D eigenvalue weighted by Crippen LogP contribution is -2.36. The number of hydrogen-bond acceptors (Lipinski definition) is 12. The second-order valence-corrected chi connectivity index (χ2v) is 13.6.